The number of aromatic nitrogens is 4. The van der Waals surface area contributed by atoms with E-state index in [1.165, 1.54) is 10.8 Å². The van der Waals surface area contributed by atoms with Gasteiger partial charge in [-0.3, -0.25) is 9.59 Å². The number of hydrogen-bond donors (Lipinski definition) is 1. The predicted molar refractivity (Wildman–Crippen MR) is 106 cm³/mol. The van der Waals surface area contributed by atoms with Gasteiger partial charge in [0.15, 0.2) is 0 Å². The first-order valence-corrected chi connectivity index (χ1v) is 8.93. The van der Waals surface area contributed by atoms with Crippen molar-refractivity contribution in [1.29, 1.82) is 0 Å². The largest absolute Gasteiger partial charge is 0.350 e. The molecule has 0 aliphatic heterocycles. The van der Waals surface area contributed by atoms with Crippen LogP contribution >= 0.6 is 0 Å². The third kappa shape index (κ3) is 3.68. The van der Waals surface area contributed by atoms with Gasteiger partial charge in [0.25, 0.3) is 5.56 Å². The maximum Gasteiger partial charge on any atom is 0.293 e. The summed E-state index contributed by atoms with van der Waals surface area (Å²) in [6, 6.07) is 19.2. The first kappa shape index (κ1) is 17.7. The molecular formula is C21H19N5O2. The monoisotopic (exact) mass is 373 g/mol. The zero-order chi connectivity index (χ0) is 19.5. The topological polar surface area (TPSA) is 81.3 Å². The highest BCUT2D eigenvalue weighted by Gasteiger charge is 2.12. The molecule has 140 valence electrons. The second-order valence-corrected chi connectivity index (χ2v) is 6.58. The molecule has 2 aromatic heterocycles. The number of benzene rings is 2. The van der Waals surface area contributed by atoms with Gasteiger partial charge in [0.05, 0.1) is 5.69 Å². The van der Waals surface area contributed by atoms with E-state index in [4.69, 9.17) is 0 Å². The van der Waals surface area contributed by atoms with Gasteiger partial charge in [0.2, 0.25) is 5.91 Å². The number of rotatable bonds is 5. The Balaban J connectivity index is 1.50. The zero-order valence-electron chi connectivity index (χ0n) is 15.4. The number of hydrogen-bond acceptors (Lipinski definition) is 4. The van der Waals surface area contributed by atoms with Crippen LogP contribution in [-0.2, 0) is 17.9 Å². The van der Waals surface area contributed by atoms with Crippen LogP contribution in [0.15, 0.2) is 71.8 Å². The first-order chi connectivity index (χ1) is 13.6. The molecule has 0 radical (unpaired) electrons. The SMILES string of the molecule is Cc1ccc(CNC(=O)Cn2ncn3nc(-c4ccccc4)cc3c2=O)cc1. The zero-order valence-corrected chi connectivity index (χ0v) is 15.4. The first-order valence-electron chi connectivity index (χ1n) is 8.93. The summed E-state index contributed by atoms with van der Waals surface area (Å²) in [6.07, 6.45) is 1.44. The minimum atomic E-state index is -0.359. The van der Waals surface area contributed by atoms with Gasteiger partial charge in [-0.05, 0) is 18.6 Å². The van der Waals surface area contributed by atoms with Crippen LogP contribution in [0.3, 0.4) is 0 Å². The van der Waals surface area contributed by atoms with Crippen LogP contribution in [0.1, 0.15) is 11.1 Å². The molecule has 0 bridgehead atoms. The van der Waals surface area contributed by atoms with E-state index in [0.717, 1.165) is 21.4 Å². The van der Waals surface area contributed by atoms with E-state index in [9.17, 15) is 9.59 Å². The van der Waals surface area contributed by atoms with Crippen LogP contribution < -0.4 is 10.9 Å². The van der Waals surface area contributed by atoms with Crippen LogP contribution in [0.25, 0.3) is 16.8 Å². The minimum absolute atomic E-state index is 0.146. The van der Waals surface area contributed by atoms with E-state index in [0.29, 0.717) is 17.8 Å². The van der Waals surface area contributed by atoms with E-state index >= 15 is 0 Å². The number of nitrogens with zero attached hydrogens (tertiary/aromatic N) is 4. The smallest absolute Gasteiger partial charge is 0.293 e. The lowest BCUT2D eigenvalue weighted by Crippen LogP contribution is -2.34. The summed E-state index contributed by atoms with van der Waals surface area (Å²) in [6.45, 7) is 2.27. The summed E-state index contributed by atoms with van der Waals surface area (Å²) in [4.78, 5) is 24.9. The van der Waals surface area contributed by atoms with Crippen LogP contribution in [-0.4, -0.2) is 25.3 Å². The Morgan fingerprint density at radius 2 is 1.82 bits per heavy atom. The van der Waals surface area contributed by atoms with Gasteiger partial charge in [-0.2, -0.15) is 10.2 Å². The molecule has 0 aliphatic carbocycles. The second-order valence-electron chi connectivity index (χ2n) is 6.58. The van der Waals surface area contributed by atoms with Gasteiger partial charge in [0.1, 0.15) is 18.4 Å². The fraction of sp³-hybridized carbons (Fsp3) is 0.143. The summed E-state index contributed by atoms with van der Waals surface area (Å²) in [7, 11) is 0. The molecule has 4 rings (SSSR count). The van der Waals surface area contributed by atoms with E-state index in [1.54, 1.807) is 6.07 Å². The second kappa shape index (κ2) is 7.48. The van der Waals surface area contributed by atoms with Crippen LogP contribution in [0, 0.1) is 6.92 Å². The fourth-order valence-electron chi connectivity index (χ4n) is 2.90. The predicted octanol–water partition coefficient (Wildman–Crippen LogP) is 2.18. The Bertz CT molecular complexity index is 1180. The molecule has 0 saturated carbocycles. The summed E-state index contributed by atoms with van der Waals surface area (Å²) in [5.74, 6) is -0.276. The molecule has 1 amide bonds. The number of aryl methyl sites for hydroxylation is 1. The van der Waals surface area contributed by atoms with E-state index in [-0.39, 0.29) is 18.0 Å². The molecule has 0 fully saturated rings. The molecule has 1 N–H and O–H groups in total. The molecule has 0 atom stereocenters. The Hall–Kier alpha value is -3.74. The van der Waals surface area contributed by atoms with Crippen LogP contribution in [0.5, 0.6) is 0 Å². The lowest BCUT2D eigenvalue weighted by atomic mass is 10.1. The summed E-state index contributed by atoms with van der Waals surface area (Å²) in [5, 5.41) is 11.3. The van der Waals surface area contributed by atoms with Crippen molar-refractivity contribution in [1.82, 2.24) is 24.7 Å². The van der Waals surface area contributed by atoms with Crippen molar-refractivity contribution in [2.75, 3.05) is 0 Å². The third-order valence-corrected chi connectivity index (χ3v) is 4.46. The molecule has 28 heavy (non-hydrogen) atoms. The quantitative estimate of drug-likeness (QED) is 0.581. The number of nitrogens with one attached hydrogen (secondary N) is 1. The molecule has 0 saturated heterocycles. The van der Waals surface area contributed by atoms with Crippen molar-refractivity contribution < 1.29 is 4.79 Å². The highest BCUT2D eigenvalue weighted by molar-refractivity contribution is 5.75. The van der Waals surface area contributed by atoms with Crippen molar-refractivity contribution in [2.45, 2.75) is 20.0 Å². The normalized spacial score (nSPS) is 10.9. The maximum atomic E-state index is 12.7. The summed E-state index contributed by atoms with van der Waals surface area (Å²) >= 11 is 0. The summed E-state index contributed by atoms with van der Waals surface area (Å²) in [5.41, 5.74) is 3.77. The molecule has 2 aromatic carbocycles. The average molecular weight is 373 g/mol. The van der Waals surface area contributed by atoms with Crippen molar-refractivity contribution in [3.63, 3.8) is 0 Å². The van der Waals surface area contributed by atoms with Crippen molar-refractivity contribution in [3.05, 3.63) is 88.5 Å². The van der Waals surface area contributed by atoms with E-state index < -0.39 is 0 Å². The van der Waals surface area contributed by atoms with Gasteiger partial charge < -0.3 is 5.32 Å². The number of fused-ring (bicyclic) bond motifs is 1. The maximum absolute atomic E-state index is 12.7. The molecule has 0 aliphatic rings. The van der Waals surface area contributed by atoms with E-state index in [2.05, 4.69) is 15.5 Å². The van der Waals surface area contributed by atoms with Gasteiger partial charge in [-0.25, -0.2) is 9.20 Å². The molecule has 4 aromatic rings. The standard InChI is InChI=1S/C21H19N5O2/c1-15-7-9-16(10-8-15)12-22-20(27)13-25-21(28)19-11-18(24-26(19)14-23-25)17-5-3-2-4-6-17/h2-11,14H,12-13H2,1H3,(H,22,27). The van der Waals surface area contributed by atoms with Gasteiger partial charge in [-0.15, -0.1) is 0 Å². The Morgan fingerprint density at radius 3 is 2.57 bits per heavy atom. The van der Waals surface area contributed by atoms with Crippen molar-refractivity contribution >= 4 is 11.4 Å². The molecular weight excluding hydrogens is 354 g/mol. The van der Waals surface area contributed by atoms with Crippen molar-refractivity contribution in [3.8, 4) is 11.3 Å². The number of amides is 1. The lowest BCUT2D eigenvalue weighted by Gasteiger charge is -2.07. The molecule has 7 heteroatoms. The highest BCUT2D eigenvalue weighted by Crippen LogP contribution is 2.17. The minimum Gasteiger partial charge on any atom is -0.350 e. The number of carbonyl (C=O) groups is 1. The Kier molecular flexibility index (Phi) is 4.72. The van der Waals surface area contributed by atoms with Gasteiger partial charge in [-0.1, -0.05) is 60.2 Å². The van der Waals surface area contributed by atoms with Crippen molar-refractivity contribution in [2.24, 2.45) is 0 Å². The fourth-order valence-corrected chi connectivity index (χ4v) is 2.90. The highest BCUT2D eigenvalue weighted by atomic mass is 16.2. The van der Waals surface area contributed by atoms with Gasteiger partial charge in [0, 0.05) is 12.1 Å². The Labute approximate surface area is 161 Å². The number of carbonyl (C=O) groups excluding carboxylic acids is 1. The van der Waals surface area contributed by atoms with Crippen LogP contribution in [0.2, 0.25) is 0 Å². The Morgan fingerprint density at radius 1 is 1.07 bits per heavy atom. The molecule has 0 spiro atoms. The van der Waals surface area contributed by atoms with Gasteiger partial charge >= 0.3 is 0 Å². The summed E-state index contributed by atoms with van der Waals surface area (Å²) < 4.78 is 2.58. The molecule has 0 unspecified atom stereocenters. The molecule has 7 nitrogen and oxygen atoms in total. The average Bonchev–Trinajstić information content (AvgIpc) is 3.16. The molecule has 2 heterocycles. The third-order valence-electron chi connectivity index (χ3n) is 4.46. The lowest BCUT2D eigenvalue weighted by molar-refractivity contribution is -0.122. The van der Waals surface area contributed by atoms with E-state index in [1.807, 2.05) is 61.5 Å². The van der Waals surface area contributed by atoms with Crippen LogP contribution in [0.4, 0.5) is 0 Å².